The molecule has 0 aromatic carbocycles. The van der Waals surface area contributed by atoms with Crippen molar-refractivity contribution in [2.24, 2.45) is 5.92 Å². The fourth-order valence-electron chi connectivity index (χ4n) is 2.63. The molecule has 1 amide bonds. The molecule has 98 valence electrons. The first-order chi connectivity index (χ1) is 8.15. The van der Waals surface area contributed by atoms with Crippen molar-refractivity contribution in [3.05, 3.63) is 0 Å². The summed E-state index contributed by atoms with van der Waals surface area (Å²) in [4.78, 5) is 16.0. The number of hydrogen-bond donors (Lipinski definition) is 1. The standard InChI is InChI=1S/C13H24N2O2/c1-14(9-11-3-2-4-11)10-13(17)15-7-5-12(16)6-8-15/h11-12,16H,2-10H2,1H3. The topological polar surface area (TPSA) is 43.8 Å². The summed E-state index contributed by atoms with van der Waals surface area (Å²) >= 11 is 0. The van der Waals surface area contributed by atoms with Gasteiger partial charge in [0.2, 0.25) is 5.91 Å². The smallest absolute Gasteiger partial charge is 0.236 e. The van der Waals surface area contributed by atoms with Gasteiger partial charge in [0, 0.05) is 19.6 Å². The van der Waals surface area contributed by atoms with Crippen molar-refractivity contribution in [2.45, 2.75) is 38.2 Å². The Hall–Kier alpha value is -0.610. The summed E-state index contributed by atoms with van der Waals surface area (Å²) < 4.78 is 0. The van der Waals surface area contributed by atoms with Crippen LogP contribution in [0.5, 0.6) is 0 Å². The number of hydrogen-bond acceptors (Lipinski definition) is 3. The number of amides is 1. The molecule has 0 unspecified atom stereocenters. The summed E-state index contributed by atoms with van der Waals surface area (Å²) in [7, 11) is 2.04. The molecule has 0 aromatic rings. The normalized spacial score (nSPS) is 22.9. The van der Waals surface area contributed by atoms with Crippen LogP contribution >= 0.6 is 0 Å². The summed E-state index contributed by atoms with van der Waals surface area (Å²) in [6.45, 7) is 3.03. The first-order valence-electron chi connectivity index (χ1n) is 6.79. The molecule has 4 nitrogen and oxygen atoms in total. The summed E-state index contributed by atoms with van der Waals surface area (Å²) in [6.07, 6.45) is 5.28. The van der Waals surface area contributed by atoms with E-state index in [1.165, 1.54) is 19.3 Å². The highest BCUT2D eigenvalue weighted by molar-refractivity contribution is 5.78. The number of piperidine rings is 1. The molecule has 0 bridgehead atoms. The van der Waals surface area contributed by atoms with Crippen molar-refractivity contribution >= 4 is 5.91 Å². The van der Waals surface area contributed by atoms with Gasteiger partial charge in [0.25, 0.3) is 0 Å². The van der Waals surface area contributed by atoms with Crippen molar-refractivity contribution in [3.8, 4) is 0 Å². The van der Waals surface area contributed by atoms with Gasteiger partial charge in [0.05, 0.1) is 12.6 Å². The number of aliphatic hydroxyl groups excluding tert-OH is 1. The molecule has 0 radical (unpaired) electrons. The number of carbonyl (C=O) groups is 1. The summed E-state index contributed by atoms with van der Waals surface area (Å²) in [5, 5.41) is 9.40. The lowest BCUT2D eigenvalue weighted by atomic mass is 9.85. The van der Waals surface area contributed by atoms with Gasteiger partial charge in [-0.2, -0.15) is 0 Å². The zero-order chi connectivity index (χ0) is 12.3. The predicted octanol–water partition coefficient (Wildman–Crippen LogP) is 0.702. The van der Waals surface area contributed by atoms with Crippen LogP contribution in [0.25, 0.3) is 0 Å². The Labute approximate surface area is 104 Å². The second-order valence-corrected chi connectivity index (χ2v) is 5.61. The molecule has 1 aliphatic heterocycles. The summed E-state index contributed by atoms with van der Waals surface area (Å²) in [5.41, 5.74) is 0. The van der Waals surface area contributed by atoms with Crippen LogP contribution in [0.3, 0.4) is 0 Å². The van der Waals surface area contributed by atoms with Crippen LogP contribution in [-0.4, -0.2) is 60.1 Å². The molecule has 17 heavy (non-hydrogen) atoms. The Morgan fingerprint density at radius 3 is 2.47 bits per heavy atom. The van der Waals surface area contributed by atoms with E-state index >= 15 is 0 Å². The largest absolute Gasteiger partial charge is 0.393 e. The maximum atomic E-state index is 12.0. The lowest BCUT2D eigenvalue weighted by Gasteiger charge is -2.33. The third kappa shape index (κ3) is 3.68. The van der Waals surface area contributed by atoms with Crippen molar-refractivity contribution in [2.75, 3.05) is 33.2 Å². The number of aliphatic hydroxyl groups is 1. The van der Waals surface area contributed by atoms with Crippen molar-refractivity contribution in [3.63, 3.8) is 0 Å². The Morgan fingerprint density at radius 2 is 1.94 bits per heavy atom. The van der Waals surface area contributed by atoms with E-state index in [4.69, 9.17) is 0 Å². The van der Waals surface area contributed by atoms with Gasteiger partial charge in [-0.05, 0) is 38.6 Å². The molecule has 1 aliphatic carbocycles. The highest BCUT2D eigenvalue weighted by atomic mass is 16.3. The zero-order valence-corrected chi connectivity index (χ0v) is 10.8. The van der Waals surface area contributed by atoms with Crippen LogP contribution in [0.15, 0.2) is 0 Å². The molecule has 1 N–H and O–H groups in total. The molecule has 1 saturated carbocycles. The maximum absolute atomic E-state index is 12.0. The van der Waals surface area contributed by atoms with Gasteiger partial charge in [-0.1, -0.05) is 6.42 Å². The minimum Gasteiger partial charge on any atom is -0.393 e. The van der Waals surface area contributed by atoms with E-state index in [0.717, 1.165) is 38.4 Å². The predicted molar refractivity (Wildman–Crippen MR) is 66.7 cm³/mol. The first kappa shape index (κ1) is 12.8. The van der Waals surface area contributed by atoms with Crippen LogP contribution in [0.4, 0.5) is 0 Å². The SMILES string of the molecule is CN(CC(=O)N1CCC(O)CC1)CC1CCC1. The van der Waals surface area contributed by atoms with Crippen LogP contribution in [0.1, 0.15) is 32.1 Å². The second-order valence-electron chi connectivity index (χ2n) is 5.61. The average Bonchev–Trinajstić information content (AvgIpc) is 2.24. The summed E-state index contributed by atoms with van der Waals surface area (Å²) in [5.74, 6) is 1.04. The van der Waals surface area contributed by atoms with Crippen molar-refractivity contribution in [1.29, 1.82) is 0 Å². The van der Waals surface area contributed by atoms with E-state index in [1.54, 1.807) is 0 Å². The van der Waals surface area contributed by atoms with Gasteiger partial charge < -0.3 is 10.0 Å². The van der Waals surface area contributed by atoms with E-state index in [-0.39, 0.29) is 12.0 Å². The fraction of sp³-hybridized carbons (Fsp3) is 0.923. The third-order valence-corrected chi connectivity index (χ3v) is 4.02. The summed E-state index contributed by atoms with van der Waals surface area (Å²) in [6, 6.07) is 0. The van der Waals surface area contributed by atoms with Gasteiger partial charge in [-0.25, -0.2) is 0 Å². The van der Waals surface area contributed by atoms with E-state index in [0.29, 0.717) is 6.54 Å². The molecule has 0 spiro atoms. The molecule has 4 heteroatoms. The highest BCUT2D eigenvalue weighted by Gasteiger charge is 2.24. The Morgan fingerprint density at radius 1 is 1.29 bits per heavy atom. The van der Waals surface area contributed by atoms with E-state index in [2.05, 4.69) is 4.90 Å². The zero-order valence-electron chi connectivity index (χ0n) is 10.8. The number of nitrogens with zero attached hydrogens (tertiary/aromatic N) is 2. The minimum atomic E-state index is -0.202. The van der Waals surface area contributed by atoms with Gasteiger partial charge >= 0.3 is 0 Å². The monoisotopic (exact) mass is 240 g/mol. The van der Waals surface area contributed by atoms with Crippen LogP contribution in [-0.2, 0) is 4.79 Å². The number of rotatable bonds is 4. The number of carbonyl (C=O) groups excluding carboxylic acids is 1. The van der Waals surface area contributed by atoms with Crippen LogP contribution < -0.4 is 0 Å². The Balaban J connectivity index is 1.68. The first-order valence-corrected chi connectivity index (χ1v) is 6.79. The average molecular weight is 240 g/mol. The highest BCUT2D eigenvalue weighted by Crippen LogP contribution is 2.26. The van der Waals surface area contributed by atoms with E-state index < -0.39 is 0 Å². The molecule has 1 saturated heterocycles. The molecular formula is C13H24N2O2. The Bertz CT molecular complexity index is 258. The van der Waals surface area contributed by atoms with Gasteiger partial charge in [-0.3, -0.25) is 9.69 Å². The molecule has 2 aliphatic rings. The molecular weight excluding hydrogens is 216 g/mol. The fourth-order valence-corrected chi connectivity index (χ4v) is 2.63. The molecule has 2 fully saturated rings. The third-order valence-electron chi connectivity index (χ3n) is 4.02. The lowest BCUT2D eigenvalue weighted by molar-refractivity contribution is -0.134. The van der Waals surface area contributed by atoms with Crippen molar-refractivity contribution < 1.29 is 9.90 Å². The molecule has 0 atom stereocenters. The van der Waals surface area contributed by atoms with E-state index in [1.807, 2.05) is 11.9 Å². The lowest BCUT2D eigenvalue weighted by Crippen LogP contribution is -2.45. The molecule has 1 heterocycles. The van der Waals surface area contributed by atoms with E-state index in [9.17, 15) is 9.90 Å². The number of likely N-dealkylation sites (N-methyl/N-ethyl adjacent to an activating group) is 1. The number of likely N-dealkylation sites (tertiary alicyclic amines) is 1. The van der Waals surface area contributed by atoms with Gasteiger partial charge in [0.15, 0.2) is 0 Å². The van der Waals surface area contributed by atoms with Gasteiger partial charge in [-0.15, -0.1) is 0 Å². The maximum Gasteiger partial charge on any atom is 0.236 e. The van der Waals surface area contributed by atoms with Gasteiger partial charge in [0.1, 0.15) is 0 Å². The van der Waals surface area contributed by atoms with Crippen LogP contribution in [0.2, 0.25) is 0 Å². The minimum absolute atomic E-state index is 0.202. The quantitative estimate of drug-likeness (QED) is 0.787. The van der Waals surface area contributed by atoms with Crippen molar-refractivity contribution in [1.82, 2.24) is 9.80 Å². The second kappa shape index (κ2) is 5.83. The molecule has 2 rings (SSSR count). The van der Waals surface area contributed by atoms with Crippen LogP contribution in [0, 0.1) is 5.92 Å². The molecule has 0 aromatic heterocycles. The Kier molecular flexibility index (Phi) is 4.40.